The van der Waals surface area contributed by atoms with Crippen molar-refractivity contribution >= 4 is 5.69 Å². The molecule has 0 bridgehead atoms. The van der Waals surface area contributed by atoms with Crippen LogP contribution in [0.3, 0.4) is 0 Å². The van der Waals surface area contributed by atoms with Crippen LogP contribution in [0.2, 0.25) is 0 Å². The van der Waals surface area contributed by atoms with Crippen LogP contribution in [0.25, 0.3) is 11.5 Å². The van der Waals surface area contributed by atoms with Gasteiger partial charge in [-0.3, -0.25) is 0 Å². The zero-order valence-electron chi connectivity index (χ0n) is 7.56. The highest BCUT2D eigenvalue weighted by atomic mass is 16.5. The Bertz CT molecular complexity index is 439. The smallest absolute Gasteiger partial charge is 0.412 e. The van der Waals surface area contributed by atoms with Gasteiger partial charge in [0.25, 0.3) is 5.89 Å². The van der Waals surface area contributed by atoms with Gasteiger partial charge in [-0.25, -0.2) is 0 Å². The summed E-state index contributed by atoms with van der Waals surface area (Å²) in [5, 5.41) is 19.0. The largest absolute Gasteiger partial charge is 0.465 e. The molecule has 72 valence electrons. The maximum atomic E-state index is 8.92. The molecule has 5 heteroatoms. The molecule has 1 aromatic carbocycles. The third-order valence-corrected chi connectivity index (χ3v) is 1.84. The summed E-state index contributed by atoms with van der Waals surface area (Å²) in [4.78, 5) is 0. The van der Waals surface area contributed by atoms with Gasteiger partial charge < -0.3 is 14.8 Å². The fraction of sp³-hybridized carbons (Fsp3) is 0.111. The summed E-state index contributed by atoms with van der Waals surface area (Å²) in [6.45, 7) is 0. The SMILES string of the molecule is CNc1ccccc1-c1nnc(O)o1. The Labute approximate surface area is 80.4 Å². The van der Waals surface area contributed by atoms with Crippen LogP contribution in [0, 0.1) is 0 Å². The third kappa shape index (κ3) is 1.39. The van der Waals surface area contributed by atoms with E-state index in [4.69, 9.17) is 9.52 Å². The Morgan fingerprint density at radius 1 is 1.29 bits per heavy atom. The summed E-state index contributed by atoms with van der Waals surface area (Å²) < 4.78 is 4.91. The van der Waals surface area contributed by atoms with E-state index in [2.05, 4.69) is 15.5 Å². The first-order valence-corrected chi connectivity index (χ1v) is 4.11. The number of aromatic hydroxyl groups is 1. The number of hydrogen-bond donors (Lipinski definition) is 2. The van der Waals surface area contributed by atoms with Gasteiger partial charge >= 0.3 is 6.08 Å². The Morgan fingerprint density at radius 3 is 2.71 bits per heavy atom. The molecule has 0 aliphatic rings. The van der Waals surface area contributed by atoms with E-state index in [1.807, 2.05) is 24.3 Å². The summed E-state index contributed by atoms with van der Waals surface area (Å²) in [5.41, 5.74) is 1.64. The molecule has 2 aromatic rings. The van der Waals surface area contributed by atoms with E-state index in [1.54, 1.807) is 7.05 Å². The lowest BCUT2D eigenvalue weighted by Crippen LogP contribution is -1.91. The number of rotatable bonds is 2. The molecule has 0 unspecified atom stereocenters. The molecule has 0 saturated carbocycles. The highest BCUT2D eigenvalue weighted by Crippen LogP contribution is 2.27. The van der Waals surface area contributed by atoms with E-state index in [0.29, 0.717) is 5.89 Å². The highest BCUT2D eigenvalue weighted by molar-refractivity contribution is 5.71. The van der Waals surface area contributed by atoms with Crippen molar-refractivity contribution < 1.29 is 9.52 Å². The van der Waals surface area contributed by atoms with Crippen LogP contribution in [-0.4, -0.2) is 22.4 Å². The lowest BCUT2D eigenvalue weighted by atomic mass is 10.2. The fourth-order valence-electron chi connectivity index (χ4n) is 1.21. The van der Waals surface area contributed by atoms with Crippen LogP contribution in [-0.2, 0) is 0 Å². The molecule has 5 nitrogen and oxygen atoms in total. The van der Waals surface area contributed by atoms with Gasteiger partial charge in [0.1, 0.15) is 0 Å². The van der Waals surface area contributed by atoms with Crippen molar-refractivity contribution in [3.05, 3.63) is 24.3 Å². The monoisotopic (exact) mass is 191 g/mol. The average molecular weight is 191 g/mol. The minimum atomic E-state index is -0.425. The summed E-state index contributed by atoms with van der Waals surface area (Å²) in [5.74, 6) is 0.299. The van der Waals surface area contributed by atoms with Crippen molar-refractivity contribution in [3.63, 3.8) is 0 Å². The summed E-state index contributed by atoms with van der Waals surface area (Å²) in [7, 11) is 1.80. The average Bonchev–Trinajstić information content (AvgIpc) is 2.65. The zero-order chi connectivity index (χ0) is 9.97. The molecule has 0 spiro atoms. The predicted octanol–water partition coefficient (Wildman–Crippen LogP) is 1.48. The van der Waals surface area contributed by atoms with E-state index in [1.165, 1.54) is 0 Å². The fourth-order valence-corrected chi connectivity index (χ4v) is 1.21. The minimum absolute atomic E-state index is 0.299. The van der Waals surface area contributed by atoms with Gasteiger partial charge in [0.2, 0.25) is 0 Å². The zero-order valence-corrected chi connectivity index (χ0v) is 7.56. The van der Waals surface area contributed by atoms with Gasteiger partial charge in [-0.1, -0.05) is 17.2 Å². The normalized spacial score (nSPS) is 10.1. The molecule has 0 amide bonds. The lowest BCUT2D eigenvalue weighted by Gasteiger charge is -2.03. The second kappa shape index (κ2) is 3.37. The Hall–Kier alpha value is -2.04. The number of anilines is 1. The van der Waals surface area contributed by atoms with Crippen molar-refractivity contribution in [2.45, 2.75) is 0 Å². The van der Waals surface area contributed by atoms with E-state index in [-0.39, 0.29) is 0 Å². The van der Waals surface area contributed by atoms with Gasteiger partial charge in [0, 0.05) is 12.7 Å². The molecule has 0 aliphatic carbocycles. The second-order valence-corrected chi connectivity index (χ2v) is 2.69. The lowest BCUT2D eigenvalue weighted by molar-refractivity contribution is 0.320. The van der Waals surface area contributed by atoms with Crippen molar-refractivity contribution in [1.82, 2.24) is 10.2 Å². The highest BCUT2D eigenvalue weighted by Gasteiger charge is 2.10. The molecule has 0 atom stereocenters. The minimum Gasteiger partial charge on any atom is -0.465 e. The van der Waals surface area contributed by atoms with Crippen LogP contribution < -0.4 is 5.32 Å². The second-order valence-electron chi connectivity index (χ2n) is 2.69. The van der Waals surface area contributed by atoms with Crippen LogP contribution in [0.4, 0.5) is 5.69 Å². The first-order chi connectivity index (χ1) is 6.81. The summed E-state index contributed by atoms with van der Waals surface area (Å²) in [6, 6.07) is 7.47. The maximum Gasteiger partial charge on any atom is 0.412 e. The van der Waals surface area contributed by atoms with Crippen molar-refractivity contribution in [1.29, 1.82) is 0 Å². The van der Waals surface area contributed by atoms with E-state index in [9.17, 15) is 0 Å². The van der Waals surface area contributed by atoms with Crippen molar-refractivity contribution in [2.75, 3.05) is 12.4 Å². The molecule has 2 N–H and O–H groups in total. The van der Waals surface area contributed by atoms with Gasteiger partial charge in [0.05, 0.1) is 5.56 Å². The first kappa shape index (κ1) is 8.55. The van der Waals surface area contributed by atoms with E-state index < -0.39 is 6.08 Å². The van der Waals surface area contributed by atoms with Crippen molar-refractivity contribution in [2.24, 2.45) is 0 Å². The van der Waals surface area contributed by atoms with Gasteiger partial charge in [-0.15, -0.1) is 5.10 Å². The summed E-state index contributed by atoms with van der Waals surface area (Å²) in [6.07, 6.45) is -0.425. The van der Waals surface area contributed by atoms with E-state index >= 15 is 0 Å². The standard InChI is InChI=1S/C9H9N3O2/c1-10-7-5-3-2-4-6(7)8-11-12-9(13)14-8/h2-5,10H,1H3,(H,12,13). The number of aromatic nitrogens is 2. The molecule has 1 aromatic heterocycles. The topological polar surface area (TPSA) is 71.2 Å². The molecule has 2 rings (SSSR count). The molecular weight excluding hydrogens is 182 g/mol. The summed E-state index contributed by atoms with van der Waals surface area (Å²) >= 11 is 0. The molecule has 14 heavy (non-hydrogen) atoms. The van der Waals surface area contributed by atoms with Gasteiger partial charge in [-0.2, -0.15) is 0 Å². The Kier molecular flexibility index (Phi) is 2.06. The first-order valence-electron chi connectivity index (χ1n) is 4.11. The van der Waals surface area contributed by atoms with E-state index in [0.717, 1.165) is 11.3 Å². The number of para-hydroxylation sites is 1. The molecule has 1 heterocycles. The number of hydrogen-bond acceptors (Lipinski definition) is 5. The Balaban J connectivity index is 2.50. The molecule has 0 saturated heterocycles. The molecule has 0 radical (unpaired) electrons. The van der Waals surface area contributed by atoms with Crippen molar-refractivity contribution in [3.8, 4) is 17.5 Å². The molecule has 0 aliphatic heterocycles. The maximum absolute atomic E-state index is 8.92. The predicted molar refractivity (Wildman–Crippen MR) is 50.9 cm³/mol. The van der Waals surface area contributed by atoms with Crippen LogP contribution in [0.1, 0.15) is 0 Å². The number of nitrogens with zero attached hydrogens (tertiary/aromatic N) is 2. The van der Waals surface area contributed by atoms with Gasteiger partial charge in [0.15, 0.2) is 0 Å². The van der Waals surface area contributed by atoms with Gasteiger partial charge in [-0.05, 0) is 12.1 Å². The van der Waals surface area contributed by atoms with Crippen LogP contribution >= 0.6 is 0 Å². The van der Waals surface area contributed by atoms with Crippen LogP contribution in [0.5, 0.6) is 6.08 Å². The Morgan fingerprint density at radius 2 is 2.07 bits per heavy atom. The number of benzene rings is 1. The molecular formula is C9H9N3O2. The van der Waals surface area contributed by atoms with Crippen LogP contribution in [0.15, 0.2) is 28.7 Å². The third-order valence-electron chi connectivity index (χ3n) is 1.84. The molecule has 0 fully saturated rings. The quantitative estimate of drug-likeness (QED) is 0.752. The number of nitrogens with one attached hydrogen (secondary N) is 1.